The third-order valence-electron chi connectivity index (χ3n) is 5.87. The van der Waals surface area contributed by atoms with Crippen LogP contribution in [-0.2, 0) is 12.5 Å². The van der Waals surface area contributed by atoms with E-state index in [0.29, 0.717) is 36.8 Å². The number of allylic oxidation sites excluding steroid dienone is 1. The molecule has 0 heterocycles. The molecule has 0 saturated heterocycles. The van der Waals surface area contributed by atoms with Crippen molar-refractivity contribution in [2.24, 2.45) is 0 Å². The van der Waals surface area contributed by atoms with E-state index in [-0.39, 0.29) is 17.5 Å². The van der Waals surface area contributed by atoms with Gasteiger partial charge in [-0.1, -0.05) is 17.9 Å². The molecular formula is C31H16F10O. The number of hydrogen-bond donors (Lipinski definition) is 0. The number of halogens is 10. The normalized spacial score (nSPS) is 11.2. The Bertz CT molecular complexity index is 1680. The van der Waals surface area contributed by atoms with Crippen molar-refractivity contribution in [1.29, 1.82) is 0 Å². The molecule has 4 aromatic rings. The molecule has 11 heteroatoms. The Morgan fingerprint density at radius 3 is 1.83 bits per heavy atom. The molecule has 0 bridgehead atoms. The molecule has 0 N–H and O–H groups in total. The van der Waals surface area contributed by atoms with Crippen molar-refractivity contribution < 1.29 is 48.6 Å². The second kappa shape index (κ2) is 12.0. The van der Waals surface area contributed by atoms with Crippen LogP contribution in [0.25, 0.3) is 11.1 Å². The van der Waals surface area contributed by atoms with Crippen LogP contribution >= 0.6 is 0 Å². The van der Waals surface area contributed by atoms with Crippen molar-refractivity contribution in [1.82, 2.24) is 0 Å². The molecule has 0 aliphatic rings. The quantitative estimate of drug-likeness (QED) is 0.0898. The largest absolute Gasteiger partial charge is 0.432 e. The van der Waals surface area contributed by atoms with Gasteiger partial charge in [-0.15, -0.1) is 6.58 Å². The van der Waals surface area contributed by atoms with E-state index in [9.17, 15) is 43.9 Å². The van der Waals surface area contributed by atoms with Crippen molar-refractivity contribution in [2.45, 2.75) is 19.0 Å². The second-order valence-electron chi connectivity index (χ2n) is 8.84. The van der Waals surface area contributed by atoms with Crippen LogP contribution in [-0.4, -0.2) is 0 Å². The van der Waals surface area contributed by atoms with E-state index < -0.39 is 80.6 Å². The van der Waals surface area contributed by atoms with E-state index in [1.54, 1.807) is 0 Å². The van der Waals surface area contributed by atoms with Gasteiger partial charge < -0.3 is 4.74 Å². The first-order chi connectivity index (χ1) is 19.8. The zero-order chi connectivity index (χ0) is 30.8. The summed E-state index contributed by atoms with van der Waals surface area (Å²) in [6.07, 6.45) is -2.53. The maximum absolute atomic E-state index is 14.6. The van der Waals surface area contributed by atoms with E-state index in [1.807, 2.05) is 0 Å². The maximum Gasteiger partial charge on any atom is 0.432 e. The molecule has 0 aliphatic heterocycles. The molecule has 216 valence electrons. The van der Waals surface area contributed by atoms with Gasteiger partial charge in [-0.05, 0) is 72.5 Å². The van der Waals surface area contributed by atoms with E-state index in [4.69, 9.17) is 0 Å². The standard InChI is InChI=1S/C31H16F10O/c1-2-3-4-16-11-24(35)29(25(36)12-16)31(40,41)42-20-8-7-18(21(32)15-20)6-5-17-9-22(33)28(23(34)10-17)19-13-26(37)30(39)27(38)14-19/h2,7-15H,1,3-4H2. The SMILES string of the molecule is C=CCCc1cc(F)c(C(F)(F)Oc2ccc(C#Cc3cc(F)c(-c4cc(F)c(F)c(F)c4)c(F)c3)c(F)c2)c(F)c1. The highest BCUT2D eigenvalue weighted by molar-refractivity contribution is 5.66. The lowest BCUT2D eigenvalue weighted by molar-refractivity contribution is -0.189. The lowest BCUT2D eigenvalue weighted by atomic mass is 10.0. The summed E-state index contributed by atoms with van der Waals surface area (Å²) in [5, 5.41) is 0. The van der Waals surface area contributed by atoms with Crippen LogP contribution in [0, 0.1) is 58.4 Å². The first-order valence-electron chi connectivity index (χ1n) is 11.9. The van der Waals surface area contributed by atoms with Gasteiger partial charge in [0.15, 0.2) is 17.5 Å². The zero-order valence-electron chi connectivity index (χ0n) is 21.1. The van der Waals surface area contributed by atoms with Gasteiger partial charge in [-0.3, -0.25) is 0 Å². The van der Waals surface area contributed by atoms with Crippen LogP contribution in [0.3, 0.4) is 0 Å². The molecule has 0 radical (unpaired) electrons. The predicted octanol–water partition coefficient (Wildman–Crippen LogP) is 9.11. The molecule has 1 nitrogen and oxygen atoms in total. The van der Waals surface area contributed by atoms with Crippen LogP contribution in [0.2, 0.25) is 0 Å². The fraction of sp³-hybridized carbons (Fsp3) is 0.0968. The van der Waals surface area contributed by atoms with Gasteiger partial charge in [0, 0.05) is 11.6 Å². The minimum Gasteiger partial charge on any atom is -0.429 e. The molecule has 0 aromatic heterocycles. The van der Waals surface area contributed by atoms with Crippen molar-refractivity contribution in [2.75, 3.05) is 0 Å². The van der Waals surface area contributed by atoms with Crippen LogP contribution in [0.15, 0.2) is 67.3 Å². The Morgan fingerprint density at radius 1 is 0.690 bits per heavy atom. The number of aryl methyl sites for hydroxylation is 1. The van der Waals surface area contributed by atoms with Gasteiger partial charge in [0.05, 0.1) is 11.1 Å². The van der Waals surface area contributed by atoms with E-state index >= 15 is 0 Å². The molecule has 0 saturated carbocycles. The summed E-state index contributed by atoms with van der Waals surface area (Å²) in [6.45, 7) is 3.46. The molecular weight excluding hydrogens is 578 g/mol. The number of ether oxygens (including phenoxy) is 1. The summed E-state index contributed by atoms with van der Waals surface area (Å²) >= 11 is 0. The first kappa shape index (κ1) is 30.2. The highest BCUT2D eigenvalue weighted by atomic mass is 19.3. The summed E-state index contributed by atoms with van der Waals surface area (Å²) in [7, 11) is 0. The smallest absolute Gasteiger partial charge is 0.429 e. The number of hydrogen-bond acceptors (Lipinski definition) is 1. The fourth-order valence-corrected chi connectivity index (χ4v) is 3.94. The molecule has 0 atom stereocenters. The third-order valence-corrected chi connectivity index (χ3v) is 5.87. The second-order valence-corrected chi connectivity index (χ2v) is 8.84. The summed E-state index contributed by atoms with van der Waals surface area (Å²) in [5.74, 6) is -8.46. The first-order valence-corrected chi connectivity index (χ1v) is 11.9. The Morgan fingerprint density at radius 2 is 1.29 bits per heavy atom. The fourth-order valence-electron chi connectivity index (χ4n) is 3.94. The van der Waals surface area contributed by atoms with Gasteiger partial charge in [0.2, 0.25) is 0 Å². The Kier molecular flexibility index (Phi) is 8.66. The molecule has 4 aromatic carbocycles. The third kappa shape index (κ3) is 6.43. The van der Waals surface area contributed by atoms with Crippen LogP contribution in [0.1, 0.15) is 28.7 Å². The van der Waals surface area contributed by atoms with Gasteiger partial charge in [-0.25, -0.2) is 35.1 Å². The van der Waals surface area contributed by atoms with Crippen molar-refractivity contribution in [3.8, 4) is 28.7 Å². The summed E-state index contributed by atoms with van der Waals surface area (Å²) in [4.78, 5) is 0. The molecule has 0 spiro atoms. The van der Waals surface area contributed by atoms with Crippen molar-refractivity contribution >= 4 is 0 Å². The number of rotatable bonds is 7. The van der Waals surface area contributed by atoms with Crippen LogP contribution in [0.5, 0.6) is 5.75 Å². The lowest BCUT2D eigenvalue weighted by Crippen LogP contribution is -2.25. The average Bonchev–Trinajstić information content (AvgIpc) is 2.89. The van der Waals surface area contributed by atoms with E-state index in [1.165, 1.54) is 6.08 Å². The summed E-state index contributed by atoms with van der Waals surface area (Å²) < 4.78 is 146. The summed E-state index contributed by atoms with van der Waals surface area (Å²) in [6, 6.07) is 5.78. The molecule has 0 amide bonds. The molecule has 0 unspecified atom stereocenters. The van der Waals surface area contributed by atoms with Crippen molar-refractivity contribution in [3.05, 3.63) is 136 Å². The van der Waals surface area contributed by atoms with Crippen LogP contribution in [0.4, 0.5) is 43.9 Å². The van der Waals surface area contributed by atoms with E-state index in [0.717, 1.165) is 24.3 Å². The average molecular weight is 594 g/mol. The van der Waals surface area contributed by atoms with Crippen LogP contribution < -0.4 is 4.74 Å². The minimum absolute atomic E-state index is 0.117. The topological polar surface area (TPSA) is 9.23 Å². The highest BCUT2D eigenvalue weighted by Gasteiger charge is 2.41. The van der Waals surface area contributed by atoms with E-state index in [2.05, 4.69) is 23.2 Å². The maximum atomic E-state index is 14.6. The predicted molar refractivity (Wildman–Crippen MR) is 133 cm³/mol. The zero-order valence-corrected chi connectivity index (χ0v) is 21.1. The van der Waals surface area contributed by atoms with Crippen molar-refractivity contribution in [3.63, 3.8) is 0 Å². The number of alkyl halides is 2. The highest BCUT2D eigenvalue weighted by Crippen LogP contribution is 2.36. The Balaban J connectivity index is 1.56. The van der Waals surface area contributed by atoms with Gasteiger partial charge in [-0.2, -0.15) is 8.78 Å². The van der Waals surface area contributed by atoms with Gasteiger partial charge >= 0.3 is 6.11 Å². The molecule has 0 aliphatic carbocycles. The Labute approximate surface area is 232 Å². The Hall–Kier alpha value is -4.72. The molecule has 0 fully saturated rings. The molecule has 4 rings (SSSR count). The molecule has 42 heavy (non-hydrogen) atoms. The monoisotopic (exact) mass is 594 g/mol. The summed E-state index contributed by atoms with van der Waals surface area (Å²) in [5.41, 5.74) is -3.82. The lowest BCUT2D eigenvalue weighted by Gasteiger charge is -2.20. The number of benzene rings is 4. The van der Waals surface area contributed by atoms with Gasteiger partial charge in [0.1, 0.15) is 40.4 Å². The minimum atomic E-state index is -4.53. The van der Waals surface area contributed by atoms with Gasteiger partial charge in [0.25, 0.3) is 0 Å².